The molecule has 2 nitrogen and oxygen atoms in total. The van der Waals surface area contributed by atoms with Gasteiger partial charge in [0.05, 0.1) is 11.5 Å². The van der Waals surface area contributed by atoms with E-state index in [0.29, 0.717) is 18.9 Å². The van der Waals surface area contributed by atoms with Gasteiger partial charge in [-0.3, -0.25) is 0 Å². The maximum absolute atomic E-state index is 12.6. The molecule has 1 atom stereocenters. The summed E-state index contributed by atoms with van der Waals surface area (Å²) in [5.41, 5.74) is -0.112. The number of hydrogen-bond acceptors (Lipinski definition) is 2. The first kappa shape index (κ1) is 15.1. The van der Waals surface area contributed by atoms with Crippen molar-refractivity contribution in [2.24, 2.45) is 5.92 Å². The van der Waals surface area contributed by atoms with Crippen LogP contribution in [0.3, 0.4) is 0 Å². The highest BCUT2D eigenvalue weighted by Gasteiger charge is 2.41. The predicted octanol–water partition coefficient (Wildman–Crippen LogP) is 3.65. The Morgan fingerprint density at radius 1 is 1.00 bits per heavy atom. The third-order valence-corrected chi connectivity index (χ3v) is 4.36. The summed E-state index contributed by atoms with van der Waals surface area (Å²) >= 11 is 0. The molecule has 2 aliphatic rings. The Labute approximate surface area is 113 Å². The number of nitrogens with one attached hydrogen (secondary N) is 1. The largest absolute Gasteiger partial charge is 0.391 e. The lowest BCUT2D eigenvalue weighted by Crippen LogP contribution is -2.48. The Hall–Kier alpha value is -0.290. The zero-order valence-electron chi connectivity index (χ0n) is 11.7. The fourth-order valence-electron chi connectivity index (χ4n) is 3.29. The summed E-state index contributed by atoms with van der Waals surface area (Å²) < 4.78 is 43.4. The van der Waals surface area contributed by atoms with Crippen molar-refractivity contribution in [3.05, 3.63) is 0 Å². The molecule has 0 bridgehead atoms. The van der Waals surface area contributed by atoms with E-state index in [9.17, 15) is 13.2 Å². The van der Waals surface area contributed by atoms with Crippen molar-refractivity contribution in [1.29, 1.82) is 0 Å². The Kier molecular flexibility index (Phi) is 4.45. The Bertz CT molecular complexity index is 296. The van der Waals surface area contributed by atoms with E-state index in [0.717, 1.165) is 19.4 Å². The van der Waals surface area contributed by atoms with Crippen LogP contribution in [0.1, 0.15) is 52.4 Å². The summed E-state index contributed by atoms with van der Waals surface area (Å²) in [7, 11) is 0. The van der Waals surface area contributed by atoms with E-state index in [4.69, 9.17) is 4.74 Å². The van der Waals surface area contributed by atoms with E-state index in [1.807, 2.05) is 0 Å². The summed E-state index contributed by atoms with van der Waals surface area (Å²) in [6, 6.07) is 0.633. The molecule has 1 saturated heterocycles. The van der Waals surface area contributed by atoms with Gasteiger partial charge in [0.2, 0.25) is 0 Å². The third-order valence-electron chi connectivity index (χ3n) is 4.36. The summed E-state index contributed by atoms with van der Waals surface area (Å²) in [5.74, 6) is -1.09. The minimum absolute atomic E-state index is 0.112. The van der Waals surface area contributed by atoms with Gasteiger partial charge >= 0.3 is 6.18 Å². The SMILES string of the molecule is CC1(C)CC(NC2CCC(C(F)(F)F)CC2)CCO1. The first-order valence-electron chi connectivity index (χ1n) is 7.23. The first-order chi connectivity index (χ1) is 8.76. The molecule has 0 aromatic carbocycles. The molecule has 1 N–H and O–H groups in total. The summed E-state index contributed by atoms with van der Waals surface area (Å²) in [4.78, 5) is 0. The highest BCUT2D eigenvalue weighted by Crippen LogP contribution is 2.38. The maximum Gasteiger partial charge on any atom is 0.391 e. The van der Waals surface area contributed by atoms with Crippen molar-refractivity contribution in [2.75, 3.05) is 6.61 Å². The van der Waals surface area contributed by atoms with Gasteiger partial charge in [0.15, 0.2) is 0 Å². The molecule has 1 unspecified atom stereocenters. The van der Waals surface area contributed by atoms with E-state index >= 15 is 0 Å². The highest BCUT2D eigenvalue weighted by molar-refractivity contribution is 4.87. The lowest BCUT2D eigenvalue weighted by molar-refractivity contribution is -0.183. The summed E-state index contributed by atoms with van der Waals surface area (Å²) in [6.07, 6.45) is -0.286. The van der Waals surface area contributed by atoms with E-state index in [1.165, 1.54) is 0 Å². The zero-order chi connectivity index (χ0) is 14.1. The van der Waals surface area contributed by atoms with Gasteiger partial charge in [-0.1, -0.05) is 0 Å². The van der Waals surface area contributed by atoms with Crippen LogP contribution in [0, 0.1) is 5.92 Å². The molecule has 112 valence electrons. The van der Waals surface area contributed by atoms with Gasteiger partial charge in [-0.05, 0) is 52.4 Å². The van der Waals surface area contributed by atoms with Crippen LogP contribution in [0.2, 0.25) is 0 Å². The Balaban J connectivity index is 1.77. The smallest absolute Gasteiger partial charge is 0.375 e. The molecule has 0 radical (unpaired) electrons. The topological polar surface area (TPSA) is 21.3 Å². The van der Waals surface area contributed by atoms with Crippen LogP contribution in [-0.4, -0.2) is 30.5 Å². The number of rotatable bonds is 2. The molecule has 19 heavy (non-hydrogen) atoms. The van der Waals surface area contributed by atoms with Crippen molar-refractivity contribution in [3.8, 4) is 0 Å². The number of hydrogen-bond donors (Lipinski definition) is 1. The second kappa shape index (κ2) is 5.60. The van der Waals surface area contributed by atoms with Crippen LogP contribution in [0.5, 0.6) is 0 Å². The Morgan fingerprint density at radius 3 is 2.16 bits per heavy atom. The average Bonchev–Trinajstić information content (AvgIpc) is 2.27. The van der Waals surface area contributed by atoms with Gasteiger partial charge in [-0.2, -0.15) is 13.2 Å². The minimum Gasteiger partial charge on any atom is -0.375 e. The molecule has 1 heterocycles. The van der Waals surface area contributed by atoms with Crippen molar-refractivity contribution in [3.63, 3.8) is 0 Å². The van der Waals surface area contributed by atoms with Crippen molar-refractivity contribution in [2.45, 2.75) is 76.2 Å². The quantitative estimate of drug-likeness (QED) is 0.833. The molecular formula is C14H24F3NO. The van der Waals surface area contributed by atoms with Gasteiger partial charge in [0.25, 0.3) is 0 Å². The third kappa shape index (κ3) is 4.35. The average molecular weight is 279 g/mol. The fraction of sp³-hybridized carbons (Fsp3) is 1.00. The normalized spacial score (nSPS) is 36.2. The molecule has 2 rings (SSSR count). The van der Waals surface area contributed by atoms with Crippen LogP contribution in [0.25, 0.3) is 0 Å². The zero-order valence-corrected chi connectivity index (χ0v) is 11.7. The maximum atomic E-state index is 12.6. The fourth-order valence-corrected chi connectivity index (χ4v) is 3.29. The van der Waals surface area contributed by atoms with Gasteiger partial charge in [-0.25, -0.2) is 0 Å². The lowest BCUT2D eigenvalue weighted by Gasteiger charge is -2.39. The standard InChI is InChI=1S/C14H24F3NO/c1-13(2)9-12(7-8-19-13)18-11-5-3-10(4-6-11)14(15,16)17/h10-12,18H,3-9H2,1-2H3. The molecule has 2 fully saturated rings. The first-order valence-corrected chi connectivity index (χ1v) is 7.23. The van der Waals surface area contributed by atoms with Gasteiger partial charge in [-0.15, -0.1) is 0 Å². The Morgan fingerprint density at radius 2 is 1.63 bits per heavy atom. The second-order valence-electron chi connectivity index (χ2n) is 6.55. The van der Waals surface area contributed by atoms with Crippen molar-refractivity contribution in [1.82, 2.24) is 5.32 Å². The van der Waals surface area contributed by atoms with E-state index in [2.05, 4.69) is 19.2 Å². The molecule has 1 saturated carbocycles. The van der Waals surface area contributed by atoms with E-state index in [1.54, 1.807) is 0 Å². The van der Waals surface area contributed by atoms with E-state index in [-0.39, 0.29) is 24.5 Å². The van der Waals surface area contributed by atoms with Gasteiger partial charge < -0.3 is 10.1 Å². The monoisotopic (exact) mass is 279 g/mol. The van der Waals surface area contributed by atoms with Crippen LogP contribution in [0.15, 0.2) is 0 Å². The minimum atomic E-state index is -4.01. The number of alkyl halides is 3. The lowest BCUT2D eigenvalue weighted by atomic mass is 9.84. The van der Waals surface area contributed by atoms with Crippen LogP contribution >= 0.6 is 0 Å². The second-order valence-corrected chi connectivity index (χ2v) is 6.55. The summed E-state index contributed by atoms with van der Waals surface area (Å²) in [6.45, 7) is 4.88. The molecule has 0 amide bonds. The van der Waals surface area contributed by atoms with Crippen LogP contribution in [0.4, 0.5) is 13.2 Å². The molecule has 0 aromatic rings. The van der Waals surface area contributed by atoms with Gasteiger partial charge in [0.1, 0.15) is 0 Å². The highest BCUT2D eigenvalue weighted by atomic mass is 19.4. The predicted molar refractivity (Wildman–Crippen MR) is 68.0 cm³/mol. The van der Waals surface area contributed by atoms with E-state index < -0.39 is 12.1 Å². The van der Waals surface area contributed by atoms with Crippen molar-refractivity contribution < 1.29 is 17.9 Å². The van der Waals surface area contributed by atoms with Crippen molar-refractivity contribution >= 4 is 0 Å². The van der Waals surface area contributed by atoms with Gasteiger partial charge in [0, 0.05) is 18.7 Å². The van der Waals surface area contributed by atoms with Crippen LogP contribution in [-0.2, 0) is 4.74 Å². The molecule has 0 spiro atoms. The summed E-state index contributed by atoms with van der Waals surface area (Å²) in [5, 5.41) is 3.54. The molecule has 1 aliphatic heterocycles. The number of halogens is 3. The molecule has 1 aliphatic carbocycles. The molecule has 0 aromatic heterocycles. The van der Waals surface area contributed by atoms with Crippen LogP contribution < -0.4 is 5.32 Å². The molecular weight excluding hydrogens is 255 g/mol. The molecule has 5 heteroatoms. The number of ether oxygens (including phenoxy) is 1.